The lowest BCUT2D eigenvalue weighted by molar-refractivity contribution is 0.107. The van der Waals surface area contributed by atoms with Gasteiger partial charge in [0.05, 0.1) is 19.3 Å². The number of hydrogen-bond acceptors (Lipinski definition) is 3. The molecule has 0 aliphatic carbocycles. The second-order valence-electron chi connectivity index (χ2n) is 3.31. The minimum Gasteiger partial charge on any atom is -0.493 e. The normalized spacial score (nSPS) is 9.94. The Morgan fingerprint density at radius 1 is 1.44 bits per heavy atom. The summed E-state index contributed by atoms with van der Waals surface area (Å²) in [4.78, 5) is 11.2. The molecule has 0 saturated heterocycles. The third-order valence-corrected chi connectivity index (χ3v) is 2.36. The molecule has 0 aliphatic rings. The van der Waals surface area contributed by atoms with E-state index in [0.717, 1.165) is 12.8 Å². The molecule has 0 aliphatic heterocycles. The standard InChI is InChI=1S/C12H15ClO3/c1-3-4-8-16-11-9(12(13)14)6-5-7-10(11)15-2/h5-7H,3-4,8H2,1-2H3. The van der Waals surface area contributed by atoms with Crippen molar-refractivity contribution in [3.05, 3.63) is 23.8 Å². The Morgan fingerprint density at radius 2 is 2.19 bits per heavy atom. The first-order valence-corrected chi connectivity index (χ1v) is 5.58. The van der Waals surface area contributed by atoms with E-state index < -0.39 is 5.24 Å². The summed E-state index contributed by atoms with van der Waals surface area (Å²) in [5.74, 6) is 0.959. The minimum atomic E-state index is -0.537. The molecule has 1 rings (SSSR count). The molecule has 1 aromatic rings. The Hall–Kier alpha value is -1.22. The molecule has 3 nitrogen and oxygen atoms in total. The first-order valence-electron chi connectivity index (χ1n) is 5.20. The van der Waals surface area contributed by atoms with Crippen LogP contribution in [0.15, 0.2) is 18.2 Å². The number of halogens is 1. The Bertz CT molecular complexity index is 363. The molecule has 88 valence electrons. The van der Waals surface area contributed by atoms with Gasteiger partial charge in [0.15, 0.2) is 11.5 Å². The van der Waals surface area contributed by atoms with E-state index in [1.165, 1.54) is 7.11 Å². The molecule has 0 spiro atoms. The lowest BCUT2D eigenvalue weighted by Crippen LogP contribution is -2.03. The van der Waals surface area contributed by atoms with E-state index in [4.69, 9.17) is 21.1 Å². The van der Waals surface area contributed by atoms with E-state index in [1.54, 1.807) is 18.2 Å². The Kier molecular flexibility index (Phi) is 5.12. The summed E-state index contributed by atoms with van der Waals surface area (Å²) in [5.41, 5.74) is 0.345. The van der Waals surface area contributed by atoms with Crippen molar-refractivity contribution < 1.29 is 14.3 Å². The number of rotatable bonds is 6. The largest absolute Gasteiger partial charge is 0.493 e. The zero-order valence-corrected chi connectivity index (χ0v) is 10.2. The molecule has 0 fully saturated rings. The van der Waals surface area contributed by atoms with Crippen molar-refractivity contribution in [2.45, 2.75) is 19.8 Å². The van der Waals surface area contributed by atoms with Gasteiger partial charge in [-0.25, -0.2) is 0 Å². The topological polar surface area (TPSA) is 35.5 Å². The fourth-order valence-corrected chi connectivity index (χ4v) is 1.45. The molecule has 0 bridgehead atoms. The maximum atomic E-state index is 11.2. The molecule has 0 unspecified atom stereocenters. The van der Waals surface area contributed by atoms with E-state index in [9.17, 15) is 4.79 Å². The highest BCUT2D eigenvalue weighted by Crippen LogP contribution is 2.32. The van der Waals surface area contributed by atoms with Gasteiger partial charge < -0.3 is 9.47 Å². The van der Waals surface area contributed by atoms with Gasteiger partial charge in [-0.15, -0.1) is 0 Å². The summed E-state index contributed by atoms with van der Waals surface area (Å²) < 4.78 is 10.7. The fourth-order valence-electron chi connectivity index (χ4n) is 1.30. The molecule has 16 heavy (non-hydrogen) atoms. The van der Waals surface area contributed by atoms with Gasteiger partial charge in [-0.2, -0.15) is 0 Å². The Morgan fingerprint density at radius 3 is 2.75 bits per heavy atom. The van der Waals surface area contributed by atoms with Crippen LogP contribution in [0.4, 0.5) is 0 Å². The second kappa shape index (κ2) is 6.38. The van der Waals surface area contributed by atoms with E-state index in [0.29, 0.717) is 23.7 Å². The van der Waals surface area contributed by atoms with E-state index in [2.05, 4.69) is 6.92 Å². The van der Waals surface area contributed by atoms with Gasteiger partial charge in [0.2, 0.25) is 0 Å². The molecule has 0 atom stereocenters. The van der Waals surface area contributed by atoms with Gasteiger partial charge in [0.1, 0.15) is 0 Å². The molecule has 0 saturated carbocycles. The highest BCUT2D eigenvalue weighted by atomic mass is 35.5. The van der Waals surface area contributed by atoms with Crippen LogP contribution in [0.3, 0.4) is 0 Å². The van der Waals surface area contributed by atoms with Crippen molar-refractivity contribution >= 4 is 16.8 Å². The molecule has 4 heteroatoms. The van der Waals surface area contributed by atoms with Crippen LogP contribution in [0.5, 0.6) is 11.5 Å². The van der Waals surface area contributed by atoms with Crippen molar-refractivity contribution in [2.24, 2.45) is 0 Å². The lowest BCUT2D eigenvalue weighted by Gasteiger charge is -2.12. The number of carbonyl (C=O) groups excluding carboxylic acids is 1. The van der Waals surface area contributed by atoms with Crippen LogP contribution in [-0.4, -0.2) is 19.0 Å². The highest BCUT2D eigenvalue weighted by Gasteiger charge is 2.14. The minimum absolute atomic E-state index is 0.345. The third-order valence-electron chi connectivity index (χ3n) is 2.15. The van der Waals surface area contributed by atoms with Gasteiger partial charge in [-0.05, 0) is 30.2 Å². The van der Waals surface area contributed by atoms with Crippen molar-refractivity contribution in [1.82, 2.24) is 0 Å². The van der Waals surface area contributed by atoms with Crippen molar-refractivity contribution in [2.75, 3.05) is 13.7 Å². The second-order valence-corrected chi connectivity index (χ2v) is 3.66. The first-order chi connectivity index (χ1) is 7.70. The smallest absolute Gasteiger partial charge is 0.256 e. The van der Waals surface area contributed by atoms with Crippen molar-refractivity contribution in [3.63, 3.8) is 0 Å². The summed E-state index contributed by atoms with van der Waals surface area (Å²) in [6.07, 6.45) is 1.95. The Balaban J connectivity index is 2.95. The number of methoxy groups -OCH3 is 1. The van der Waals surface area contributed by atoms with Crippen molar-refractivity contribution in [3.8, 4) is 11.5 Å². The zero-order valence-electron chi connectivity index (χ0n) is 9.46. The molecular weight excluding hydrogens is 228 g/mol. The molecule has 0 aromatic heterocycles. The summed E-state index contributed by atoms with van der Waals surface area (Å²) in [6.45, 7) is 2.62. The highest BCUT2D eigenvalue weighted by molar-refractivity contribution is 6.68. The maximum Gasteiger partial charge on any atom is 0.256 e. The fraction of sp³-hybridized carbons (Fsp3) is 0.417. The average Bonchev–Trinajstić information content (AvgIpc) is 2.29. The van der Waals surface area contributed by atoms with E-state index >= 15 is 0 Å². The predicted molar refractivity (Wildman–Crippen MR) is 63.6 cm³/mol. The molecule has 0 amide bonds. The van der Waals surface area contributed by atoms with Crippen LogP contribution in [-0.2, 0) is 0 Å². The number of para-hydroxylation sites is 1. The first kappa shape index (κ1) is 12.8. The SMILES string of the molecule is CCCCOc1c(OC)cccc1C(=O)Cl. The number of unbranched alkanes of at least 4 members (excludes halogenated alkanes) is 1. The summed E-state index contributed by atoms with van der Waals surface area (Å²) in [5, 5.41) is -0.537. The van der Waals surface area contributed by atoms with E-state index in [-0.39, 0.29) is 0 Å². The lowest BCUT2D eigenvalue weighted by atomic mass is 10.2. The average molecular weight is 243 g/mol. The summed E-state index contributed by atoms with van der Waals surface area (Å²) >= 11 is 5.48. The number of hydrogen-bond donors (Lipinski definition) is 0. The van der Waals surface area contributed by atoms with Gasteiger partial charge in [-0.1, -0.05) is 19.4 Å². The third kappa shape index (κ3) is 3.14. The molecule has 0 heterocycles. The van der Waals surface area contributed by atoms with Crippen LogP contribution in [0.1, 0.15) is 30.1 Å². The molecule has 1 aromatic carbocycles. The van der Waals surface area contributed by atoms with Gasteiger partial charge in [0.25, 0.3) is 5.24 Å². The van der Waals surface area contributed by atoms with Crippen LogP contribution >= 0.6 is 11.6 Å². The number of ether oxygens (including phenoxy) is 2. The molecule has 0 N–H and O–H groups in total. The maximum absolute atomic E-state index is 11.2. The van der Waals surface area contributed by atoms with Gasteiger partial charge in [-0.3, -0.25) is 4.79 Å². The number of carbonyl (C=O) groups is 1. The van der Waals surface area contributed by atoms with Gasteiger partial charge >= 0.3 is 0 Å². The summed E-state index contributed by atoms with van der Waals surface area (Å²) in [6, 6.07) is 5.07. The molecular formula is C12H15ClO3. The predicted octanol–water partition coefficient (Wildman–Crippen LogP) is 3.25. The quantitative estimate of drug-likeness (QED) is 0.567. The van der Waals surface area contributed by atoms with Crippen LogP contribution in [0.25, 0.3) is 0 Å². The number of benzene rings is 1. The Labute approximate surface area is 100 Å². The molecule has 0 radical (unpaired) electrons. The monoisotopic (exact) mass is 242 g/mol. The van der Waals surface area contributed by atoms with Gasteiger partial charge in [0, 0.05) is 0 Å². The van der Waals surface area contributed by atoms with Crippen LogP contribution in [0.2, 0.25) is 0 Å². The van der Waals surface area contributed by atoms with Crippen LogP contribution in [0, 0.1) is 0 Å². The van der Waals surface area contributed by atoms with E-state index in [1.807, 2.05) is 0 Å². The summed E-state index contributed by atoms with van der Waals surface area (Å²) in [7, 11) is 1.53. The van der Waals surface area contributed by atoms with Crippen LogP contribution < -0.4 is 9.47 Å². The van der Waals surface area contributed by atoms with Crippen molar-refractivity contribution in [1.29, 1.82) is 0 Å². The zero-order chi connectivity index (χ0) is 12.0.